The van der Waals surface area contributed by atoms with Gasteiger partial charge in [0.2, 0.25) is 0 Å². The van der Waals surface area contributed by atoms with Crippen LogP contribution in [0.1, 0.15) is 18.3 Å². The Bertz CT molecular complexity index is 370. The van der Waals surface area contributed by atoms with Gasteiger partial charge in [0.05, 0.1) is 18.8 Å². The smallest absolute Gasteiger partial charge is 0.184 e. The molecule has 3 nitrogen and oxygen atoms in total. The molecule has 4 atom stereocenters. The van der Waals surface area contributed by atoms with Crippen LogP contribution in [-0.2, 0) is 14.2 Å². The van der Waals surface area contributed by atoms with Gasteiger partial charge in [-0.15, -0.1) is 0 Å². The highest BCUT2D eigenvalue weighted by Crippen LogP contribution is 2.36. The average Bonchev–Trinajstić information content (AvgIpc) is 2.82. The second kappa shape index (κ2) is 5.22. The number of ether oxygens (including phenoxy) is 3. The summed E-state index contributed by atoms with van der Waals surface area (Å²) < 4.78 is 18.6. The van der Waals surface area contributed by atoms with E-state index in [2.05, 4.69) is 22.6 Å². The molecule has 0 saturated carbocycles. The highest BCUT2D eigenvalue weighted by Gasteiger charge is 2.41. The molecule has 0 bridgehead atoms. The molecule has 2 heterocycles. The number of hydrogen-bond donors (Lipinski definition) is 0. The largest absolute Gasteiger partial charge is 0.375 e. The molecule has 1 unspecified atom stereocenters. The third kappa shape index (κ3) is 2.50. The first-order chi connectivity index (χ1) is 8.36. The Kier molecular flexibility index (Phi) is 3.65. The molecule has 1 aromatic rings. The minimum atomic E-state index is -0.220. The van der Waals surface area contributed by atoms with E-state index >= 15 is 0 Å². The number of benzene rings is 1. The van der Waals surface area contributed by atoms with E-state index in [1.165, 1.54) is 0 Å². The summed E-state index contributed by atoms with van der Waals surface area (Å²) >= 11 is 2.36. The minimum Gasteiger partial charge on any atom is -0.375 e. The summed E-state index contributed by atoms with van der Waals surface area (Å²) in [6.45, 7) is 0.654. The third-order valence-electron chi connectivity index (χ3n) is 3.25. The highest BCUT2D eigenvalue weighted by atomic mass is 127. The first-order valence-corrected chi connectivity index (χ1v) is 7.43. The summed E-state index contributed by atoms with van der Waals surface area (Å²) in [5.74, 6) is 0. The van der Waals surface area contributed by atoms with Gasteiger partial charge in [-0.05, 0) is 0 Å². The van der Waals surface area contributed by atoms with Crippen molar-refractivity contribution < 1.29 is 14.2 Å². The molecule has 2 saturated heterocycles. The maximum absolute atomic E-state index is 5.98. The second-order valence-corrected chi connectivity index (χ2v) is 5.32. The van der Waals surface area contributed by atoms with E-state index in [1.807, 2.05) is 30.3 Å². The van der Waals surface area contributed by atoms with E-state index in [4.69, 9.17) is 14.2 Å². The van der Waals surface area contributed by atoms with Crippen LogP contribution >= 0.6 is 22.6 Å². The maximum Gasteiger partial charge on any atom is 0.184 e. The predicted molar refractivity (Wildman–Crippen MR) is 72.2 cm³/mol. The summed E-state index contributed by atoms with van der Waals surface area (Å²) in [5, 5.41) is 0. The molecule has 0 amide bonds. The topological polar surface area (TPSA) is 27.7 Å². The van der Waals surface area contributed by atoms with Crippen LogP contribution in [0.25, 0.3) is 0 Å². The molecule has 17 heavy (non-hydrogen) atoms. The van der Waals surface area contributed by atoms with Gasteiger partial charge in [-0.1, -0.05) is 52.9 Å². The van der Waals surface area contributed by atoms with E-state index in [-0.39, 0.29) is 18.5 Å². The quantitative estimate of drug-likeness (QED) is 0.609. The number of hydrogen-bond acceptors (Lipinski definition) is 3. The van der Waals surface area contributed by atoms with Gasteiger partial charge in [0.25, 0.3) is 0 Å². The number of halogens is 1. The van der Waals surface area contributed by atoms with Gasteiger partial charge in [-0.2, -0.15) is 0 Å². The van der Waals surface area contributed by atoms with Crippen LogP contribution in [0.3, 0.4) is 0 Å². The fraction of sp³-hybridized carbons (Fsp3) is 0.538. The Morgan fingerprint density at radius 2 is 1.88 bits per heavy atom. The second-order valence-electron chi connectivity index (χ2n) is 4.44. The van der Waals surface area contributed by atoms with Crippen molar-refractivity contribution in [2.75, 3.05) is 11.0 Å². The molecule has 3 rings (SSSR count). The Hall–Kier alpha value is -0.170. The van der Waals surface area contributed by atoms with Crippen molar-refractivity contribution in [1.29, 1.82) is 0 Å². The van der Waals surface area contributed by atoms with Crippen molar-refractivity contribution in [1.82, 2.24) is 0 Å². The average molecular weight is 346 g/mol. The van der Waals surface area contributed by atoms with Crippen molar-refractivity contribution in [3.05, 3.63) is 35.9 Å². The summed E-state index contributed by atoms with van der Waals surface area (Å²) in [7, 11) is 0. The van der Waals surface area contributed by atoms with Gasteiger partial charge >= 0.3 is 0 Å². The fourth-order valence-electron chi connectivity index (χ4n) is 2.31. The molecule has 4 heteroatoms. The molecule has 2 aliphatic heterocycles. The lowest BCUT2D eigenvalue weighted by Gasteiger charge is -2.28. The molecule has 1 aromatic carbocycles. The van der Waals surface area contributed by atoms with Crippen LogP contribution in [0.15, 0.2) is 30.3 Å². The van der Waals surface area contributed by atoms with Crippen LogP contribution < -0.4 is 0 Å². The van der Waals surface area contributed by atoms with Crippen LogP contribution in [-0.4, -0.2) is 29.3 Å². The summed E-state index contributed by atoms with van der Waals surface area (Å²) in [6, 6.07) is 10.1. The minimum absolute atomic E-state index is 0.0967. The number of fused-ring (bicyclic) bond motifs is 1. The summed E-state index contributed by atoms with van der Waals surface area (Å²) in [5.41, 5.74) is 1.09. The SMILES string of the molecule is IC[C@H]1C[C@@H]2OC(c3ccccc3)O[C@@H]2CO1. The molecular formula is C13H15IO3. The van der Waals surface area contributed by atoms with Gasteiger partial charge in [0, 0.05) is 16.4 Å². The maximum atomic E-state index is 5.98. The van der Waals surface area contributed by atoms with E-state index < -0.39 is 0 Å². The van der Waals surface area contributed by atoms with E-state index in [1.54, 1.807) is 0 Å². The summed E-state index contributed by atoms with van der Waals surface area (Å²) in [4.78, 5) is 0. The van der Waals surface area contributed by atoms with Gasteiger partial charge in [0.15, 0.2) is 6.29 Å². The lowest BCUT2D eigenvalue weighted by atomic mass is 10.1. The van der Waals surface area contributed by atoms with Crippen molar-refractivity contribution in [3.63, 3.8) is 0 Å². The lowest BCUT2D eigenvalue weighted by molar-refractivity contribution is -0.0746. The molecule has 2 aliphatic rings. The first-order valence-electron chi connectivity index (χ1n) is 5.90. The van der Waals surface area contributed by atoms with Crippen LogP contribution in [0, 0.1) is 0 Å². The Balaban J connectivity index is 1.69. The van der Waals surface area contributed by atoms with E-state index in [0.717, 1.165) is 16.4 Å². The number of alkyl halides is 1. The monoisotopic (exact) mass is 346 g/mol. The Labute approximate surface area is 115 Å². The van der Waals surface area contributed by atoms with Crippen molar-refractivity contribution >= 4 is 22.6 Å². The molecule has 0 spiro atoms. The molecular weight excluding hydrogens is 331 g/mol. The highest BCUT2D eigenvalue weighted by molar-refractivity contribution is 14.1. The van der Waals surface area contributed by atoms with Gasteiger partial charge in [-0.25, -0.2) is 0 Å². The third-order valence-corrected chi connectivity index (χ3v) is 4.23. The van der Waals surface area contributed by atoms with E-state index in [9.17, 15) is 0 Å². The van der Waals surface area contributed by atoms with Gasteiger partial charge in [0.1, 0.15) is 6.10 Å². The van der Waals surface area contributed by atoms with Crippen LogP contribution in [0.4, 0.5) is 0 Å². The van der Waals surface area contributed by atoms with E-state index in [0.29, 0.717) is 12.7 Å². The molecule has 0 aliphatic carbocycles. The van der Waals surface area contributed by atoms with Crippen LogP contribution in [0.5, 0.6) is 0 Å². The molecule has 2 fully saturated rings. The standard InChI is InChI=1S/C13H15IO3/c14-7-10-6-11-12(8-15-10)17-13(16-11)9-4-2-1-3-5-9/h1-5,10-13H,6-8H2/t10-,11+,12-,13?/m1/s1. The number of rotatable bonds is 2. The zero-order valence-electron chi connectivity index (χ0n) is 9.42. The Morgan fingerprint density at radius 3 is 2.65 bits per heavy atom. The molecule has 0 aromatic heterocycles. The molecule has 0 radical (unpaired) electrons. The predicted octanol–water partition coefficient (Wildman–Crippen LogP) is 2.69. The van der Waals surface area contributed by atoms with Crippen molar-refractivity contribution in [3.8, 4) is 0 Å². The Morgan fingerprint density at radius 1 is 1.12 bits per heavy atom. The zero-order chi connectivity index (χ0) is 11.7. The molecule has 0 N–H and O–H groups in total. The molecule has 92 valence electrons. The first kappa shape index (κ1) is 11.9. The summed E-state index contributed by atoms with van der Waals surface area (Å²) in [6.07, 6.45) is 1.32. The lowest BCUT2D eigenvalue weighted by Crippen LogP contribution is -2.39. The van der Waals surface area contributed by atoms with Crippen LogP contribution in [0.2, 0.25) is 0 Å². The van der Waals surface area contributed by atoms with Crippen molar-refractivity contribution in [2.45, 2.75) is 31.0 Å². The normalized spacial score (nSPS) is 36.8. The van der Waals surface area contributed by atoms with Crippen molar-refractivity contribution in [2.24, 2.45) is 0 Å². The zero-order valence-corrected chi connectivity index (χ0v) is 11.6. The fourth-order valence-corrected chi connectivity index (χ4v) is 2.93. The van der Waals surface area contributed by atoms with Gasteiger partial charge < -0.3 is 14.2 Å². The van der Waals surface area contributed by atoms with Gasteiger partial charge in [-0.3, -0.25) is 0 Å².